The van der Waals surface area contributed by atoms with E-state index in [1.807, 2.05) is 26.0 Å². The van der Waals surface area contributed by atoms with Crippen molar-refractivity contribution in [2.75, 3.05) is 17.2 Å². The monoisotopic (exact) mass is 446 g/mol. The Bertz CT molecular complexity index is 896. The van der Waals surface area contributed by atoms with Crippen LogP contribution in [0.2, 0.25) is 0 Å². The molecule has 0 atom stereocenters. The van der Waals surface area contributed by atoms with Gasteiger partial charge in [0.1, 0.15) is 5.75 Å². The van der Waals surface area contributed by atoms with Crippen LogP contribution < -0.4 is 15.4 Å². The first-order valence-electron chi connectivity index (χ1n) is 8.93. The Morgan fingerprint density at radius 1 is 1.00 bits per heavy atom. The number of rotatable bonds is 8. The van der Waals surface area contributed by atoms with Crippen LogP contribution in [0.15, 0.2) is 40.9 Å². The number of hydrogen-bond donors (Lipinski definition) is 2. The molecule has 0 aliphatic carbocycles. The van der Waals surface area contributed by atoms with Gasteiger partial charge in [-0.2, -0.15) is 0 Å². The quantitative estimate of drug-likeness (QED) is 0.574. The third kappa shape index (κ3) is 6.20. The van der Waals surface area contributed by atoms with E-state index in [0.717, 1.165) is 16.5 Å². The van der Waals surface area contributed by atoms with Crippen molar-refractivity contribution < 1.29 is 19.1 Å². The predicted octanol–water partition coefficient (Wildman–Crippen LogP) is 4.72. The maximum absolute atomic E-state index is 12.2. The lowest BCUT2D eigenvalue weighted by Gasteiger charge is -2.13. The Morgan fingerprint density at radius 3 is 2.29 bits per heavy atom. The molecule has 148 valence electrons. The summed E-state index contributed by atoms with van der Waals surface area (Å²) >= 11 is 3.41. The average molecular weight is 447 g/mol. The van der Waals surface area contributed by atoms with Crippen LogP contribution in [0.25, 0.3) is 0 Å². The van der Waals surface area contributed by atoms with Crippen molar-refractivity contribution in [1.29, 1.82) is 0 Å². The van der Waals surface area contributed by atoms with Gasteiger partial charge in [0, 0.05) is 22.3 Å². The van der Waals surface area contributed by atoms with Crippen LogP contribution in [0.5, 0.6) is 5.75 Å². The number of halogens is 1. The van der Waals surface area contributed by atoms with Gasteiger partial charge in [0.25, 0.3) is 5.91 Å². The summed E-state index contributed by atoms with van der Waals surface area (Å²) in [7, 11) is 0. The molecule has 0 unspecified atom stereocenters. The van der Waals surface area contributed by atoms with Crippen molar-refractivity contribution in [3.63, 3.8) is 0 Å². The van der Waals surface area contributed by atoms with Gasteiger partial charge in [0.05, 0.1) is 5.56 Å². The SMILES string of the molecule is CCCC(=O)Nc1ccc(OCC(=O)Nc2ccc(Br)c(C)c2)c(C(C)=O)c1. The van der Waals surface area contributed by atoms with Crippen molar-refractivity contribution in [3.8, 4) is 5.75 Å². The summed E-state index contributed by atoms with van der Waals surface area (Å²) in [6, 6.07) is 10.3. The summed E-state index contributed by atoms with van der Waals surface area (Å²) in [5, 5.41) is 5.50. The van der Waals surface area contributed by atoms with Crippen molar-refractivity contribution in [2.24, 2.45) is 0 Å². The molecule has 2 aromatic rings. The average Bonchev–Trinajstić information content (AvgIpc) is 2.63. The number of hydrogen-bond acceptors (Lipinski definition) is 4. The van der Waals surface area contributed by atoms with Crippen LogP contribution in [-0.4, -0.2) is 24.2 Å². The molecule has 0 spiro atoms. The molecule has 2 rings (SSSR count). The molecule has 2 N–H and O–H groups in total. The number of ether oxygens (including phenoxy) is 1. The van der Waals surface area contributed by atoms with Gasteiger partial charge in [-0.05, 0) is 62.2 Å². The van der Waals surface area contributed by atoms with Crippen molar-refractivity contribution in [1.82, 2.24) is 0 Å². The maximum atomic E-state index is 12.2. The molecule has 2 amide bonds. The van der Waals surface area contributed by atoms with E-state index in [9.17, 15) is 14.4 Å². The van der Waals surface area contributed by atoms with Crippen molar-refractivity contribution in [3.05, 3.63) is 52.0 Å². The summed E-state index contributed by atoms with van der Waals surface area (Å²) in [5.74, 6) is -0.375. The zero-order valence-corrected chi connectivity index (χ0v) is 17.7. The summed E-state index contributed by atoms with van der Waals surface area (Å²) in [5.41, 5.74) is 2.49. The molecule has 0 saturated carbocycles. The summed E-state index contributed by atoms with van der Waals surface area (Å²) in [6.45, 7) is 5.01. The molecular formula is C21H23BrN2O4. The van der Waals surface area contributed by atoms with Gasteiger partial charge >= 0.3 is 0 Å². The molecule has 7 heteroatoms. The smallest absolute Gasteiger partial charge is 0.262 e. The second-order valence-corrected chi connectivity index (χ2v) is 7.22. The first-order valence-corrected chi connectivity index (χ1v) is 9.73. The van der Waals surface area contributed by atoms with Gasteiger partial charge < -0.3 is 15.4 Å². The fourth-order valence-electron chi connectivity index (χ4n) is 2.52. The molecule has 6 nitrogen and oxygen atoms in total. The third-order valence-electron chi connectivity index (χ3n) is 3.92. The van der Waals surface area contributed by atoms with E-state index in [1.54, 1.807) is 24.3 Å². The molecule has 28 heavy (non-hydrogen) atoms. The summed E-state index contributed by atoms with van der Waals surface area (Å²) < 4.78 is 6.50. The molecule has 0 aromatic heterocycles. The van der Waals surface area contributed by atoms with E-state index in [-0.39, 0.29) is 24.2 Å². The largest absolute Gasteiger partial charge is 0.483 e. The highest BCUT2D eigenvalue weighted by molar-refractivity contribution is 9.10. The lowest BCUT2D eigenvalue weighted by molar-refractivity contribution is -0.118. The fourth-order valence-corrected chi connectivity index (χ4v) is 2.77. The highest BCUT2D eigenvalue weighted by atomic mass is 79.9. The minimum absolute atomic E-state index is 0.116. The zero-order chi connectivity index (χ0) is 20.7. The molecule has 0 aliphatic heterocycles. The predicted molar refractivity (Wildman–Crippen MR) is 113 cm³/mol. The van der Waals surface area contributed by atoms with E-state index >= 15 is 0 Å². The Balaban J connectivity index is 2.03. The molecule has 0 aliphatic rings. The van der Waals surface area contributed by atoms with Gasteiger partial charge in [-0.3, -0.25) is 14.4 Å². The number of benzene rings is 2. The van der Waals surface area contributed by atoms with Crippen LogP contribution in [-0.2, 0) is 9.59 Å². The highest BCUT2D eigenvalue weighted by Gasteiger charge is 2.13. The van der Waals surface area contributed by atoms with Crippen LogP contribution in [0, 0.1) is 6.92 Å². The van der Waals surface area contributed by atoms with E-state index < -0.39 is 0 Å². The van der Waals surface area contributed by atoms with Crippen molar-refractivity contribution in [2.45, 2.75) is 33.6 Å². The molecule has 0 heterocycles. The Hall–Kier alpha value is -2.67. The maximum Gasteiger partial charge on any atom is 0.262 e. The van der Waals surface area contributed by atoms with Crippen LogP contribution >= 0.6 is 15.9 Å². The number of carbonyl (C=O) groups is 3. The summed E-state index contributed by atoms with van der Waals surface area (Å²) in [6.07, 6.45) is 1.14. The Labute approximate surface area is 172 Å². The minimum atomic E-state index is -0.337. The fraction of sp³-hybridized carbons (Fsp3) is 0.286. The third-order valence-corrected chi connectivity index (χ3v) is 4.81. The van der Waals surface area contributed by atoms with Crippen LogP contribution in [0.4, 0.5) is 11.4 Å². The molecule has 0 saturated heterocycles. The molecule has 0 radical (unpaired) electrons. The minimum Gasteiger partial charge on any atom is -0.483 e. The van der Waals surface area contributed by atoms with Gasteiger partial charge in [0.2, 0.25) is 5.91 Å². The van der Waals surface area contributed by atoms with E-state index in [2.05, 4.69) is 26.6 Å². The Morgan fingerprint density at radius 2 is 1.64 bits per heavy atom. The molecule has 0 bridgehead atoms. The molecule has 2 aromatic carbocycles. The number of aryl methyl sites for hydroxylation is 1. The van der Waals surface area contributed by atoms with Gasteiger partial charge in [-0.15, -0.1) is 0 Å². The standard InChI is InChI=1S/C21H23BrN2O4/c1-4-5-20(26)23-16-7-9-19(17(11-16)14(3)25)28-12-21(27)24-15-6-8-18(22)13(2)10-15/h6-11H,4-5,12H2,1-3H3,(H,23,26)(H,24,27). The molecule has 0 fully saturated rings. The number of ketones is 1. The number of anilines is 2. The van der Waals surface area contributed by atoms with E-state index in [0.29, 0.717) is 29.1 Å². The van der Waals surface area contributed by atoms with Crippen LogP contribution in [0.3, 0.4) is 0 Å². The Kier molecular flexibility index (Phi) is 7.75. The first kappa shape index (κ1) is 21.6. The number of carbonyl (C=O) groups excluding carboxylic acids is 3. The number of Topliss-reactive ketones (excluding diaryl/α,β-unsaturated/α-hetero) is 1. The lowest BCUT2D eigenvalue weighted by atomic mass is 10.1. The number of amides is 2. The second kappa shape index (κ2) is 10.0. The first-order chi connectivity index (χ1) is 13.3. The van der Waals surface area contributed by atoms with Crippen molar-refractivity contribution >= 4 is 44.9 Å². The van der Waals surface area contributed by atoms with E-state index in [4.69, 9.17) is 4.74 Å². The second-order valence-electron chi connectivity index (χ2n) is 6.37. The normalized spacial score (nSPS) is 10.3. The topological polar surface area (TPSA) is 84.5 Å². The number of nitrogens with one attached hydrogen (secondary N) is 2. The summed E-state index contributed by atoms with van der Waals surface area (Å²) in [4.78, 5) is 35.8. The zero-order valence-electron chi connectivity index (χ0n) is 16.1. The van der Waals surface area contributed by atoms with Gasteiger partial charge in [-0.25, -0.2) is 0 Å². The van der Waals surface area contributed by atoms with Crippen LogP contribution in [0.1, 0.15) is 42.6 Å². The van der Waals surface area contributed by atoms with Gasteiger partial charge in [0.15, 0.2) is 12.4 Å². The lowest BCUT2D eigenvalue weighted by Crippen LogP contribution is -2.21. The molecular weight excluding hydrogens is 424 g/mol. The van der Waals surface area contributed by atoms with Gasteiger partial charge in [-0.1, -0.05) is 22.9 Å². The highest BCUT2D eigenvalue weighted by Crippen LogP contribution is 2.24. The van der Waals surface area contributed by atoms with E-state index in [1.165, 1.54) is 6.92 Å².